The number of benzene rings is 1. The van der Waals surface area contributed by atoms with Gasteiger partial charge in [0.1, 0.15) is 5.82 Å². The van der Waals surface area contributed by atoms with Gasteiger partial charge in [0, 0.05) is 19.1 Å². The van der Waals surface area contributed by atoms with Crippen molar-refractivity contribution >= 4 is 5.91 Å². The summed E-state index contributed by atoms with van der Waals surface area (Å²) in [6.45, 7) is 7.34. The molecule has 0 spiro atoms. The van der Waals surface area contributed by atoms with Gasteiger partial charge in [0.2, 0.25) is 0 Å². The zero-order valence-corrected chi connectivity index (χ0v) is 12.2. The van der Waals surface area contributed by atoms with E-state index in [4.69, 9.17) is 0 Å². The van der Waals surface area contributed by atoms with Gasteiger partial charge in [-0.25, -0.2) is 4.39 Å². The van der Waals surface area contributed by atoms with Crippen LogP contribution in [-0.4, -0.2) is 37.0 Å². The molecular weight excluding hydrogens is 243 g/mol. The summed E-state index contributed by atoms with van der Waals surface area (Å²) >= 11 is 0. The second-order valence-corrected chi connectivity index (χ2v) is 4.98. The van der Waals surface area contributed by atoms with Crippen LogP contribution >= 0.6 is 0 Å². The molecule has 1 unspecified atom stereocenters. The maximum absolute atomic E-state index is 13.6. The molecule has 106 valence electrons. The Morgan fingerprint density at radius 1 is 1.47 bits per heavy atom. The lowest BCUT2D eigenvalue weighted by Gasteiger charge is -2.23. The number of rotatable bonds is 6. The van der Waals surface area contributed by atoms with Crippen LogP contribution in [0.2, 0.25) is 0 Å². The summed E-state index contributed by atoms with van der Waals surface area (Å²) in [7, 11) is 2.02. The maximum Gasteiger partial charge on any atom is 0.254 e. The van der Waals surface area contributed by atoms with Crippen molar-refractivity contribution in [2.24, 2.45) is 0 Å². The molecule has 0 aromatic heterocycles. The molecule has 1 N–H and O–H groups in total. The number of halogens is 1. The highest BCUT2D eigenvalue weighted by Gasteiger charge is 2.12. The summed E-state index contributed by atoms with van der Waals surface area (Å²) in [6.07, 6.45) is 1.07. The standard InChI is InChI=1S/C15H23FN2O/c1-5-12(3)18(4)9-8-17-15(19)13-7-6-11(2)10-14(13)16/h6-7,10,12H,5,8-9H2,1-4H3,(H,17,19). The van der Waals surface area contributed by atoms with Crippen molar-refractivity contribution in [3.63, 3.8) is 0 Å². The lowest BCUT2D eigenvalue weighted by Crippen LogP contribution is -2.37. The average molecular weight is 266 g/mol. The van der Waals surface area contributed by atoms with E-state index in [1.807, 2.05) is 7.05 Å². The molecule has 4 heteroatoms. The largest absolute Gasteiger partial charge is 0.351 e. The van der Waals surface area contributed by atoms with Gasteiger partial charge in [-0.1, -0.05) is 13.0 Å². The summed E-state index contributed by atoms with van der Waals surface area (Å²) in [5.74, 6) is -0.817. The third-order valence-corrected chi connectivity index (χ3v) is 3.46. The van der Waals surface area contributed by atoms with E-state index in [-0.39, 0.29) is 11.5 Å². The van der Waals surface area contributed by atoms with Gasteiger partial charge in [-0.05, 0) is 45.0 Å². The predicted molar refractivity (Wildman–Crippen MR) is 75.9 cm³/mol. The van der Waals surface area contributed by atoms with Gasteiger partial charge in [0.05, 0.1) is 5.56 Å². The minimum absolute atomic E-state index is 0.108. The minimum atomic E-state index is -0.465. The summed E-state index contributed by atoms with van der Waals surface area (Å²) in [5.41, 5.74) is 0.919. The number of nitrogens with zero attached hydrogens (tertiary/aromatic N) is 1. The molecule has 1 rings (SSSR count). The van der Waals surface area contributed by atoms with Gasteiger partial charge in [-0.2, -0.15) is 0 Å². The first-order chi connectivity index (χ1) is 8.95. The maximum atomic E-state index is 13.6. The number of nitrogens with one attached hydrogen (secondary N) is 1. The van der Waals surface area contributed by atoms with Crippen molar-refractivity contribution in [1.82, 2.24) is 10.2 Å². The van der Waals surface area contributed by atoms with Crippen LogP contribution < -0.4 is 5.32 Å². The zero-order chi connectivity index (χ0) is 14.4. The molecule has 19 heavy (non-hydrogen) atoms. The van der Waals surface area contributed by atoms with Crippen LogP contribution in [0, 0.1) is 12.7 Å². The third kappa shape index (κ3) is 4.63. The second-order valence-electron chi connectivity index (χ2n) is 4.98. The minimum Gasteiger partial charge on any atom is -0.351 e. The Kier molecular flexibility index (Phi) is 5.96. The molecule has 1 aromatic carbocycles. The summed E-state index contributed by atoms with van der Waals surface area (Å²) in [5, 5.41) is 2.75. The van der Waals surface area contributed by atoms with Crippen molar-refractivity contribution < 1.29 is 9.18 Å². The first-order valence-corrected chi connectivity index (χ1v) is 6.70. The molecule has 0 aliphatic carbocycles. The van der Waals surface area contributed by atoms with Crippen molar-refractivity contribution in [2.75, 3.05) is 20.1 Å². The molecule has 1 aromatic rings. The quantitative estimate of drug-likeness (QED) is 0.858. The molecule has 0 saturated carbocycles. The highest BCUT2D eigenvalue weighted by molar-refractivity contribution is 5.94. The molecule has 0 heterocycles. The fourth-order valence-corrected chi connectivity index (χ4v) is 1.78. The van der Waals surface area contributed by atoms with Crippen LogP contribution in [-0.2, 0) is 0 Å². The van der Waals surface area contributed by atoms with Crippen LogP contribution in [0.3, 0.4) is 0 Å². The number of hydrogen-bond acceptors (Lipinski definition) is 2. The first kappa shape index (κ1) is 15.6. The average Bonchev–Trinajstić information content (AvgIpc) is 2.37. The van der Waals surface area contributed by atoms with E-state index < -0.39 is 5.82 Å². The van der Waals surface area contributed by atoms with Gasteiger partial charge < -0.3 is 10.2 Å². The van der Waals surface area contributed by atoms with Crippen LogP contribution in [0.5, 0.6) is 0 Å². The Balaban J connectivity index is 2.47. The van der Waals surface area contributed by atoms with Crippen molar-refractivity contribution in [1.29, 1.82) is 0 Å². The van der Waals surface area contributed by atoms with Crippen LogP contribution in [0.25, 0.3) is 0 Å². The first-order valence-electron chi connectivity index (χ1n) is 6.70. The summed E-state index contributed by atoms with van der Waals surface area (Å²) in [6, 6.07) is 5.12. The highest BCUT2D eigenvalue weighted by Crippen LogP contribution is 2.09. The normalized spacial score (nSPS) is 12.5. The number of carbonyl (C=O) groups excluding carboxylic acids is 1. The Morgan fingerprint density at radius 3 is 2.74 bits per heavy atom. The van der Waals surface area contributed by atoms with Gasteiger partial charge in [0.25, 0.3) is 5.91 Å². The summed E-state index contributed by atoms with van der Waals surface area (Å²) < 4.78 is 13.6. The van der Waals surface area contributed by atoms with Crippen molar-refractivity contribution in [2.45, 2.75) is 33.2 Å². The predicted octanol–water partition coefficient (Wildman–Crippen LogP) is 2.59. The molecule has 0 fully saturated rings. The molecule has 0 radical (unpaired) electrons. The number of carbonyl (C=O) groups is 1. The van der Waals surface area contributed by atoms with Crippen LogP contribution in [0.1, 0.15) is 36.2 Å². The van der Waals surface area contributed by atoms with E-state index in [0.29, 0.717) is 12.6 Å². The molecule has 3 nitrogen and oxygen atoms in total. The lowest BCUT2D eigenvalue weighted by atomic mass is 10.1. The monoisotopic (exact) mass is 266 g/mol. The third-order valence-electron chi connectivity index (χ3n) is 3.46. The number of amides is 1. The number of hydrogen-bond donors (Lipinski definition) is 1. The van der Waals surface area contributed by atoms with E-state index in [9.17, 15) is 9.18 Å². The number of likely N-dealkylation sites (N-methyl/N-ethyl adjacent to an activating group) is 1. The Morgan fingerprint density at radius 2 is 2.16 bits per heavy atom. The molecule has 0 saturated heterocycles. The van der Waals surface area contributed by atoms with Gasteiger partial charge in [-0.15, -0.1) is 0 Å². The van der Waals surface area contributed by atoms with Gasteiger partial charge >= 0.3 is 0 Å². The fourth-order valence-electron chi connectivity index (χ4n) is 1.78. The lowest BCUT2D eigenvalue weighted by molar-refractivity contribution is 0.0943. The molecule has 1 amide bonds. The Bertz CT molecular complexity index is 434. The molecular formula is C15H23FN2O. The molecule has 0 bridgehead atoms. The number of aryl methyl sites for hydroxylation is 1. The molecule has 1 atom stereocenters. The van der Waals surface area contributed by atoms with Gasteiger partial charge in [0.15, 0.2) is 0 Å². The van der Waals surface area contributed by atoms with E-state index in [0.717, 1.165) is 18.5 Å². The van der Waals surface area contributed by atoms with Crippen LogP contribution in [0.4, 0.5) is 4.39 Å². The van der Waals surface area contributed by atoms with Crippen molar-refractivity contribution in [3.8, 4) is 0 Å². The van der Waals surface area contributed by atoms with Gasteiger partial charge in [-0.3, -0.25) is 4.79 Å². The smallest absolute Gasteiger partial charge is 0.254 e. The van der Waals surface area contributed by atoms with Crippen LogP contribution in [0.15, 0.2) is 18.2 Å². The Labute approximate surface area is 114 Å². The summed E-state index contributed by atoms with van der Waals surface area (Å²) in [4.78, 5) is 14.0. The zero-order valence-electron chi connectivity index (χ0n) is 12.2. The van der Waals surface area contributed by atoms with E-state index in [1.165, 1.54) is 12.1 Å². The topological polar surface area (TPSA) is 32.3 Å². The molecule has 0 aliphatic rings. The highest BCUT2D eigenvalue weighted by atomic mass is 19.1. The van der Waals surface area contributed by atoms with E-state index >= 15 is 0 Å². The SMILES string of the molecule is CCC(C)N(C)CCNC(=O)c1ccc(C)cc1F. The van der Waals surface area contributed by atoms with E-state index in [1.54, 1.807) is 13.0 Å². The second kappa shape index (κ2) is 7.24. The van der Waals surface area contributed by atoms with Crippen molar-refractivity contribution in [3.05, 3.63) is 35.1 Å². The fraction of sp³-hybridized carbons (Fsp3) is 0.533. The molecule has 0 aliphatic heterocycles. The van der Waals surface area contributed by atoms with E-state index in [2.05, 4.69) is 24.1 Å². The Hall–Kier alpha value is -1.42.